The SMILES string of the molecule is C#CCN(Cc1ccc(-c2ccccc2-c2nn[nH]n2)cc1)c1ncccc1C(=O)O. The Hall–Kier alpha value is -4.51. The molecule has 152 valence electrons. The monoisotopic (exact) mass is 410 g/mol. The number of tetrazole rings is 1. The van der Waals surface area contributed by atoms with Crippen LogP contribution in [0, 0.1) is 12.3 Å². The lowest BCUT2D eigenvalue weighted by Gasteiger charge is -2.23. The van der Waals surface area contributed by atoms with Gasteiger partial charge >= 0.3 is 5.97 Å². The number of anilines is 1. The number of H-pyrrole nitrogens is 1. The lowest BCUT2D eigenvalue weighted by Crippen LogP contribution is -2.26. The molecule has 2 aromatic heterocycles. The molecule has 31 heavy (non-hydrogen) atoms. The van der Waals surface area contributed by atoms with E-state index in [2.05, 4.69) is 31.5 Å². The minimum Gasteiger partial charge on any atom is -0.478 e. The van der Waals surface area contributed by atoms with Gasteiger partial charge in [-0.15, -0.1) is 16.6 Å². The van der Waals surface area contributed by atoms with Crippen molar-refractivity contribution in [3.8, 4) is 34.9 Å². The molecule has 2 aromatic carbocycles. The van der Waals surface area contributed by atoms with Crippen molar-refractivity contribution in [2.24, 2.45) is 0 Å². The van der Waals surface area contributed by atoms with E-state index >= 15 is 0 Å². The maximum absolute atomic E-state index is 11.6. The van der Waals surface area contributed by atoms with E-state index < -0.39 is 5.97 Å². The van der Waals surface area contributed by atoms with Gasteiger partial charge in [0.1, 0.15) is 11.4 Å². The van der Waals surface area contributed by atoms with Crippen molar-refractivity contribution < 1.29 is 9.90 Å². The second-order valence-electron chi connectivity index (χ2n) is 6.72. The van der Waals surface area contributed by atoms with Crippen molar-refractivity contribution in [3.63, 3.8) is 0 Å². The molecule has 0 fully saturated rings. The Labute approximate surface area is 178 Å². The molecular weight excluding hydrogens is 392 g/mol. The number of terminal acetylenes is 1. The quantitative estimate of drug-likeness (QED) is 0.450. The zero-order valence-electron chi connectivity index (χ0n) is 16.4. The summed E-state index contributed by atoms with van der Waals surface area (Å²) in [6, 6.07) is 18.9. The predicted molar refractivity (Wildman–Crippen MR) is 116 cm³/mol. The Morgan fingerprint density at radius 2 is 1.84 bits per heavy atom. The van der Waals surface area contributed by atoms with E-state index in [0.29, 0.717) is 18.2 Å². The Morgan fingerprint density at radius 3 is 2.52 bits per heavy atom. The molecule has 4 aromatic rings. The molecule has 8 heteroatoms. The van der Waals surface area contributed by atoms with Crippen LogP contribution in [0.3, 0.4) is 0 Å². The van der Waals surface area contributed by atoms with Gasteiger partial charge in [0.05, 0.1) is 6.54 Å². The molecule has 8 nitrogen and oxygen atoms in total. The number of carbonyl (C=O) groups is 1. The number of aromatic nitrogens is 5. The fourth-order valence-corrected chi connectivity index (χ4v) is 3.35. The largest absolute Gasteiger partial charge is 0.478 e. The number of nitrogens with one attached hydrogen (secondary N) is 1. The first kappa shape index (κ1) is 19.8. The van der Waals surface area contributed by atoms with E-state index in [1.165, 1.54) is 6.07 Å². The van der Waals surface area contributed by atoms with Gasteiger partial charge in [0.25, 0.3) is 0 Å². The molecule has 0 spiro atoms. The average molecular weight is 410 g/mol. The van der Waals surface area contributed by atoms with Crippen molar-refractivity contribution in [1.82, 2.24) is 25.6 Å². The number of pyridine rings is 1. The molecule has 0 saturated carbocycles. The van der Waals surface area contributed by atoms with Crippen molar-refractivity contribution >= 4 is 11.8 Å². The van der Waals surface area contributed by atoms with Gasteiger partial charge in [0, 0.05) is 18.3 Å². The number of hydrogen-bond donors (Lipinski definition) is 2. The highest BCUT2D eigenvalue weighted by atomic mass is 16.4. The Morgan fingerprint density at radius 1 is 1.06 bits per heavy atom. The number of carboxylic acids is 1. The van der Waals surface area contributed by atoms with Gasteiger partial charge in [-0.1, -0.05) is 54.5 Å². The molecule has 0 saturated heterocycles. The number of carboxylic acid groups (broad SMARTS) is 1. The van der Waals surface area contributed by atoms with E-state index in [-0.39, 0.29) is 12.1 Å². The average Bonchev–Trinajstić information content (AvgIpc) is 3.34. The predicted octanol–water partition coefficient (Wildman–Crippen LogP) is 3.27. The highest BCUT2D eigenvalue weighted by Gasteiger charge is 2.17. The number of rotatable bonds is 7. The van der Waals surface area contributed by atoms with Crippen LogP contribution in [0.2, 0.25) is 0 Å². The third-order valence-corrected chi connectivity index (χ3v) is 4.75. The van der Waals surface area contributed by atoms with E-state index in [0.717, 1.165) is 22.3 Å². The molecule has 0 atom stereocenters. The minimum absolute atomic E-state index is 0.114. The minimum atomic E-state index is -1.04. The van der Waals surface area contributed by atoms with Gasteiger partial charge in [-0.2, -0.15) is 5.21 Å². The Bertz CT molecular complexity index is 1230. The maximum Gasteiger partial charge on any atom is 0.339 e. The van der Waals surface area contributed by atoms with Crippen molar-refractivity contribution in [2.45, 2.75) is 6.54 Å². The molecule has 0 radical (unpaired) electrons. The first-order valence-corrected chi connectivity index (χ1v) is 9.46. The molecule has 4 rings (SSSR count). The van der Waals surface area contributed by atoms with E-state index in [1.807, 2.05) is 48.5 Å². The molecule has 0 unspecified atom stereocenters. The lowest BCUT2D eigenvalue weighted by atomic mass is 9.98. The second-order valence-corrected chi connectivity index (χ2v) is 6.72. The molecule has 0 aliphatic heterocycles. The number of aromatic amines is 1. The summed E-state index contributed by atoms with van der Waals surface area (Å²) in [4.78, 5) is 17.6. The summed E-state index contributed by atoms with van der Waals surface area (Å²) in [6.45, 7) is 0.661. The first-order valence-electron chi connectivity index (χ1n) is 9.46. The van der Waals surface area contributed by atoms with Gasteiger partial charge in [-0.3, -0.25) is 0 Å². The number of aromatic carboxylic acids is 1. The third-order valence-electron chi connectivity index (χ3n) is 4.75. The van der Waals surface area contributed by atoms with Crippen LogP contribution in [0.4, 0.5) is 5.82 Å². The van der Waals surface area contributed by atoms with Crippen LogP contribution in [-0.4, -0.2) is 43.2 Å². The summed E-state index contributed by atoms with van der Waals surface area (Å²) >= 11 is 0. The maximum atomic E-state index is 11.6. The smallest absolute Gasteiger partial charge is 0.339 e. The molecule has 2 N–H and O–H groups in total. The molecular formula is C23H18N6O2. The molecule has 0 bridgehead atoms. The van der Waals surface area contributed by atoms with Gasteiger partial charge in [-0.25, -0.2) is 9.78 Å². The zero-order valence-corrected chi connectivity index (χ0v) is 16.4. The standard InChI is InChI=1S/C23H18N6O2/c1-2-14-29(22-20(23(30)31)8-5-13-24-22)15-16-9-11-17(12-10-16)18-6-3-4-7-19(18)21-25-27-28-26-21/h1,3-13H,14-15H2,(H,30,31)(H,25,26,27,28). The summed E-state index contributed by atoms with van der Waals surface area (Å²) in [5.41, 5.74) is 3.93. The molecule has 2 heterocycles. The van der Waals surface area contributed by atoms with Crippen LogP contribution in [0.15, 0.2) is 66.9 Å². The summed E-state index contributed by atoms with van der Waals surface area (Å²) in [5, 5.41) is 23.8. The van der Waals surface area contributed by atoms with Gasteiger partial charge in [0.15, 0.2) is 0 Å². The highest BCUT2D eigenvalue weighted by Crippen LogP contribution is 2.30. The number of benzene rings is 2. The van der Waals surface area contributed by atoms with Crippen LogP contribution in [-0.2, 0) is 6.54 Å². The van der Waals surface area contributed by atoms with Crippen molar-refractivity contribution in [3.05, 3.63) is 78.0 Å². The number of nitrogens with zero attached hydrogens (tertiary/aromatic N) is 5. The lowest BCUT2D eigenvalue weighted by molar-refractivity contribution is 0.0697. The topological polar surface area (TPSA) is 108 Å². The molecule has 0 aliphatic rings. The third kappa shape index (κ3) is 4.26. The zero-order chi connectivity index (χ0) is 21.6. The number of hydrogen-bond acceptors (Lipinski definition) is 6. The fourth-order valence-electron chi connectivity index (χ4n) is 3.35. The van der Waals surface area contributed by atoms with Crippen LogP contribution in [0.1, 0.15) is 15.9 Å². The normalized spacial score (nSPS) is 10.4. The van der Waals surface area contributed by atoms with Crippen LogP contribution < -0.4 is 4.90 Å². The van der Waals surface area contributed by atoms with E-state index in [1.54, 1.807) is 17.2 Å². The summed E-state index contributed by atoms with van der Waals surface area (Å²) < 4.78 is 0. The van der Waals surface area contributed by atoms with Gasteiger partial charge in [-0.05, 0) is 34.0 Å². The van der Waals surface area contributed by atoms with Crippen LogP contribution >= 0.6 is 0 Å². The Balaban J connectivity index is 1.62. The second kappa shape index (κ2) is 8.88. The summed E-state index contributed by atoms with van der Waals surface area (Å²) in [7, 11) is 0. The van der Waals surface area contributed by atoms with Crippen LogP contribution in [0.5, 0.6) is 0 Å². The summed E-state index contributed by atoms with van der Waals surface area (Å²) in [5.74, 6) is 2.41. The van der Waals surface area contributed by atoms with Crippen molar-refractivity contribution in [2.75, 3.05) is 11.4 Å². The first-order chi connectivity index (χ1) is 15.2. The summed E-state index contributed by atoms with van der Waals surface area (Å²) in [6.07, 6.45) is 7.08. The molecule has 0 aliphatic carbocycles. The molecule has 0 amide bonds. The van der Waals surface area contributed by atoms with Gasteiger partial charge < -0.3 is 10.0 Å². The van der Waals surface area contributed by atoms with Crippen LogP contribution in [0.25, 0.3) is 22.5 Å². The van der Waals surface area contributed by atoms with E-state index in [4.69, 9.17) is 6.42 Å². The van der Waals surface area contributed by atoms with E-state index in [9.17, 15) is 9.90 Å². The van der Waals surface area contributed by atoms with Gasteiger partial charge in [0.2, 0.25) is 5.82 Å². The fraction of sp³-hybridized carbons (Fsp3) is 0.0870. The van der Waals surface area contributed by atoms with Crippen molar-refractivity contribution in [1.29, 1.82) is 0 Å². The Kier molecular flexibility index (Phi) is 5.67. The highest BCUT2D eigenvalue weighted by molar-refractivity contribution is 5.93.